The van der Waals surface area contributed by atoms with Crippen molar-refractivity contribution >= 4 is 15.9 Å². The van der Waals surface area contributed by atoms with Gasteiger partial charge in [0.15, 0.2) is 0 Å². The van der Waals surface area contributed by atoms with Gasteiger partial charge in [-0.3, -0.25) is 4.79 Å². The molecule has 1 atom stereocenters. The summed E-state index contributed by atoms with van der Waals surface area (Å²) in [6.45, 7) is 6.16. The largest absolute Gasteiger partial charge is 0.342 e. The number of sulfonamides is 1. The smallest absolute Gasteiger partial charge is 0.222 e. The molecule has 19 heavy (non-hydrogen) atoms. The predicted octanol–water partition coefficient (Wildman–Crippen LogP) is 1.21. The molecule has 0 aromatic heterocycles. The minimum Gasteiger partial charge on any atom is -0.342 e. The monoisotopic (exact) mass is 290 g/mol. The second-order valence-corrected chi connectivity index (χ2v) is 7.73. The Morgan fingerprint density at radius 2 is 2.11 bits per heavy atom. The fourth-order valence-electron chi connectivity index (χ4n) is 2.30. The van der Waals surface area contributed by atoms with Crippen LogP contribution in [-0.2, 0) is 14.8 Å². The number of hydrogen-bond acceptors (Lipinski definition) is 3. The zero-order valence-electron chi connectivity index (χ0n) is 12.2. The van der Waals surface area contributed by atoms with Gasteiger partial charge in [0.05, 0.1) is 6.26 Å². The van der Waals surface area contributed by atoms with E-state index in [-0.39, 0.29) is 11.8 Å². The molecule has 1 heterocycles. The lowest BCUT2D eigenvalue weighted by Crippen LogP contribution is -2.43. The van der Waals surface area contributed by atoms with E-state index in [1.54, 1.807) is 0 Å². The third-order valence-corrected chi connectivity index (χ3v) is 4.13. The quantitative estimate of drug-likeness (QED) is 0.799. The van der Waals surface area contributed by atoms with E-state index in [2.05, 4.69) is 18.6 Å². The van der Waals surface area contributed by atoms with Gasteiger partial charge >= 0.3 is 0 Å². The van der Waals surface area contributed by atoms with Gasteiger partial charge in [-0.25, -0.2) is 13.1 Å². The zero-order chi connectivity index (χ0) is 14.5. The van der Waals surface area contributed by atoms with E-state index < -0.39 is 10.0 Å². The van der Waals surface area contributed by atoms with Crippen molar-refractivity contribution in [2.45, 2.75) is 39.5 Å². The summed E-state index contributed by atoms with van der Waals surface area (Å²) in [6, 6.07) is 0. The number of nitrogens with zero attached hydrogens (tertiary/aromatic N) is 1. The Balaban J connectivity index is 2.39. The average molecular weight is 290 g/mol. The molecule has 0 saturated carbocycles. The van der Waals surface area contributed by atoms with E-state index in [9.17, 15) is 13.2 Å². The number of hydrogen-bond donors (Lipinski definition) is 1. The highest BCUT2D eigenvalue weighted by Crippen LogP contribution is 2.18. The molecule has 1 amide bonds. The molecule has 6 heteroatoms. The Hall–Kier alpha value is -0.620. The lowest BCUT2D eigenvalue weighted by molar-refractivity contribution is -0.133. The molecule has 1 aliphatic heterocycles. The highest BCUT2D eigenvalue weighted by Gasteiger charge is 2.23. The topological polar surface area (TPSA) is 66.5 Å². The summed E-state index contributed by atoms with van der Waals surface area (Å²) in [4.78, 5) is 13.9. The van der Waals surface area contributed by atoms with E-state index in [4.69, 9.17) is 0 Å². The summed E-state index contributed by atoms with van der Waals surface area (Å²) in [5, 5.41) is 0. The third-order valence-electron chi connectivity index (χ3n) is 3.44. The van der Waals surface area contributed by atoms with Crippen LogP contribution in [0.4, 0.5) is 0 Å². The second kappa shape index (κ2) is 7.24. The van der Waals surface area contributed by atoms with Crippen LogP contribution >= 0.6 is 0 Å². The first-order valence-electron chi connectivity index (χ1n) is 7.00. The molecule has 1 rings (SSSR count). The molecular formula is C13H26N2O3S. The van der Waals surface area contributed by atoms with E-state index in [0.29, 0.717) is 25.4 Å². The van der Waals surface area contributed by atoms with Crippen molar-refractivity contribution < 1.29 is 13.2 Å². The maximum Gasteiger partial charge on any atom is 0.222 e. The van der Waals surface area contributed by atoms with Crippen LogP contribution in [-0.4, -0.2) is 45.1 Å². The van der Waals surface area contributed by atoms with E-state index in [1.165, 1.54) is 6.26 Å². The van der Waals surface area contributed by atoms with Crippen molar-refractivity contribution in [2.24, 2.45) is 11.8 Å². The van der Waals surface area contributed by atoms with E-state index >= 15 is 0 Å². The van der Waals surface area contributed by atoms with Crippen LogP contribution in [0.2, 0.25) is 0 Å². The summed E-state index contributed by atoms with van der Waals surface area (Å²) in [7, 11) is -3.14. The molecule has 0 aromatic rings. The number of carbonyl (C=O) groups is 1. The van der Waals surface area contributed by atoms with Gasteiger partial charge < -0.3 is 4.90 Å². The molecule has 0 bridgehead atoms. The summed E-state index contributed by atoms with van der Waals surface area (Å²) >= 11 is 0. The van der Waals surface area contributed by atoms with Gasteiger partial charge in [-0.2, -0.15) is 0 Å². The van der Waals surface area contributed by atoms with Crippen molar-refractivity contribution in [1.29, 1.82) is 0 Å². The highest BCUT2D eigenvalue weighted by atomic mass is 32.2. The van der Waals surface area contributed by atoms with Gasteiger partial charge in [0.1, 0.15) is 0 Å². The second-order valence-electron chi connectivity index (χ2n) is 5.90. The Morgan fingerprint density at radius 1 is 1.42 bits per heavy atom. The maximum atomic E-state index is 12.0. The Bertz CT molecular complexity index is 393. The molecule has 112 valence electrons. The molecule has 0 radical (unpaired) electrons. The molecule has 5 nitrogen and oxygen atoms in total. The first kappa shape index (κ1) is 16.4. The van der Waals surface area contributed by atoms with Gasteiger partial charge in [0, 0.05) is 26.1 Å². The predicted molar refractivity (Wildman–Crippen MR) is 76.2 cm³/mol. The first-order chi connectivity index (χ1) is 8.78. The number of nitrogens with one attached hydrogen (secondary N) is 1. The van der Waals surface area contributed by atoms with Gasteiger partial charge in [0.25, 0.3) is 0 Å². The lowest BCUT2D eigenvalue weighted by atomic mass is 9.97. The fourth-order valence-corrected chi connectivity index (χ4v) is 2.84. The van der Waals surface area contributed by atoms with Gasteiger partial charge in [0.2, 0.25) is 15.9 Å². The fraction of sp³-hybridized carbons (Fsp3) is 0.923. The van der Waals surface area contributed by atoms with Crippen LogP contribution < -0.4 is 4.72 Å². The van der Waals surface area contributed by atoms with Crippen molar-refractivity contribution in [3.05, 3.63) is 0 Å². The van der Waals surface area contributed by atoms with E-state index in [0.717, 1.165) is 25.8 Å². The molecular weight excluding hydrogens is 264 g/mol. The Kier molecular flexibility index (Phi) is 6.26. The molecule has 1 saturated heterocycles. The lowest BCUT2D eigenvalue weighted by Gasteiger charge is -2.33. The molecule has 0 unspecified atom stereocenters. The van der Waals surface area contributed by atoms with Crippen molar-refractivity contribution in [3.63, 3.8) is 0 Å². The van der Waals surface area contributed by atoms with Gasteiger partial charge in [-0.15, -0.1) is 0 Å². The van der Waals surface area contributed by atoms with Crippen molar-refractivity contribution in [1.82, 2.24) is 9.62 Å². The number of amides is 1. The SMILES string of the molecule is CC(C)CCC(=O)N1CCC[C@@H](CNS(C)(=O)=O)C1. The third kappa shape index (κ3) is 6.92. The van der Waals surface area contributed by atoms with Crippen molar-refractivity contribution in [2.75, 3.05) is 25.9 Å². The molecule has 0 aliphatic carbocycles. The first-order valence-corrected chi connectivity index (χ1v) is 8.89. The number of likely N-dealkylation sites (tertiary alicyclic amines) is 1. The maximum absolute atomic E-state index is 12.0. The Morgan fingerprint density at radius 3 is 2.68 bits per heavy atom. The average Bonchev–Trinajstić information content (AvgIpc) is 2.33. The van der Waals surface area contributed by atoms with Gasteiger partial charge in [-0.05, 0) is 31.1 Å². The minimum atomic E-state index is -3.14. The van der Waals surface area contributed by atoms with Crippen LogP contribution in [0.5, 0.6) is 0 Å². The highest BCUT2D eigenvalue weighted by molar-refractivity contribution is 7.88. The molecule has 1 aliphatic rings. The van der Waals surface area contributed by atoms with E-state index in [1.807, 2.05) is 4.90 Å². The van der Waals surface area contributed by atoms with Crippen LogP contribution in [0.15, 0.2) is 0 Å². The number of carbonyl (C=O) groups excluding carboxylic acids is 1. The zero-order valence-corrected chi connectivity index (χ0v) is 13.0. The number of rotatable bonds is 6. The summed E-state index contributed by atoms with van der Waals surface area (Å²) in [5.74, 6) is 0.987. The standard InChI is InChI=1S/C13H26N2O3S/c1-11(2)6-7-13(16)15-8-4-5-12(10-15)9-14-19(3,17)18/h11-12,14H,4-10H2,1-3H3/t12-/m0/s1. The van der Waals surface area contributed by atoms with Gasteiger partial charge in [-0.1, -0.05) is 13.8 Å². The van der Waals surface area contributed by atoms with Crippen molar-refractivity contribution in [3.8, 4) is 0 Å². The number of piperidine rings is 1. The van der Waals surface area contributed by atoms with Crippen LogP contribution in [0.25, 0.3) is 0 Å². The normalized spacial score (nSPS) is 20.8. The summed E-state index contributed by atoms with van der Waals surface area (Å²) in [6.07, 6.45) is 4.63. The Labute approximate surface area is 116 Å². The molecule has 0 aromatic carbocycles. The summed E-state index contributed by atoms with van der Waals surface area (Å²) < 4.78 is 24.7. The van der Waals surface area contributed by atoms with Crippen LogP contribution in [0.3, 0.4) is 0 Å². The molecule has 1 N–H and O–H groups in total. The summed E-state index contributed by atoms with van der Waals surface area (Å²) in [5.41, 5.74) is 0. The minimum absolute atomic E-state index is 0.206. The van der Waals surface area contributed by atoms with Crippen LogP contribution in [0, 0.1) is 11.8 Å². The van der Waals surface area contributed by atoms with Crippen LogP contribution in [0.1, 0.15) is 39.5 Å². The molecule has 1 fully saturated rings. The molecule has 0 spiro atoms.